The Morgan fingerprint density at radius 3 is 2.65 bits per heavy atom. The predicted octanol–water partition coefficient (Wildman–Crippen LogP) is 3.89. The largest absolute Gasteiger partial charge is 0.399 e. The Kier molecular flexibility index (Phi) is 3.57. The molecule has 0 spiro atoms. The van der Waals surface area contributed by atoms with Crippen LogP contribution in [0.5, 0.6) is 0 Å². The topological polar surface area (TPSA) is 55.1 Å². The first kappa shape index (κ1) is 12.2. The third-order valence-corrected chi connectivity index (χ3v) is 3.73. The van der Waals surface area contributed by atoms with Crippen molar-refractivity contribution in [1.29, 1.82) is 0 Å². The molecule has 2 rings (SSSR count). The van der Waals surface area contributed by atoms with Gasteiger partial charge in [0, 0.05) is 5.69 Å². The maximum absolute atomic E-state index is 11.9. The molecule has 88 valence electrons. The number of thiophene rings is 1. The lowest BCUT2D eigenvalue weighted by Gasteiger charge is -2.07. The third-order valence-electron chi connectivity index (χ3n) is 2.06. The van der Waals surface area contributed by atoms with Gasteiger partial charge >= 0.3 is 0 Å². The van der Waals surface area contributed by atoms with Crippen LogP contribution in [0.25, 0.3) is 0 Å². The van der Waals surface area contributed by atoms with Gasteiger partial charge in [0.25, 0.3) is 5.91 Å². The lowest BCUT2D eigenvalue weighted by atomic mass is 10.2. The molecule has 3 nitrogen and oxygen atoms in total. The van der Waals surface area contributed by atoms with Crippen LogP contribution >= 0.6 is 34.5 Å². The molecule has 1 aromatic carbocycles. The maximum Gasteiger partial charge on any atom is 0.267 e. The summed E-state index contributed by atoms with van der Waals surface area (Å²) >= 11 is 13.1. The molecule has 2 aromatic rings. The van der Waals surface area contributed by atoms with Gasteiger partial charge in [0.15, 0.2) is 0 Å². The van der Waals surface area contributed by atoms with Crippen LogP contribution in [-0.4, -0.2) is 5.91 Å². The van der Waals surface area contributed by atoms with E-state index in [2.05, 4.69) is 5.32 Å². The predicted molar refractivity (Wildman–Crippen MR) is 73.1 cm³/mol. The van der Waals surface area contributed by atoms with E-state index < -0.39 is 0 Å². The molecule has 1 heterocycles. The number of carbonyl (C=O) groups is 1. The number of nitrogen functional groups attached to an aromatic ring is 1. The molecule has 3 N–H and O–H groups in total. The Morgan fingerprint density at radius 2 is 2.00 bits per heavy atom. The van der Waals surface area contributed by atoms with E-state index in [1.54, 1.807) is 29.6 Å². The fraction of sp³-hybridized carbons (Fsp3) is 0. The van der Waals surface area contributed by atoms with Gasteiger partial charge in [-0.3, -0.25) is 4.79 Å². The van der Waals surface area contributed by atoms with Gasteiger partial charge in [-0.2, -0.15) is 0 Å². The summed E-state index contributed by atoms with van der Waals surface area (Å²) in [5.74, 6) is -0.294. The second-order valence-corrected chi connectivity index (χ2v) is 5.02. The molecule has 17 heavy (non-hydrogen) atoms. The molecule has 0 radical (unpaired) electrons. The zero-order chi connectivity index (χ0) is 12.4. The minimum atomic E-state index is -0.294. The molecule has 0 unspecified atom stereocenters. The first-order valence-corrected chi connectivity index (χ1v) is 6.31. The molecular formula is C11H8Cl2N2OS. The fourth-order valence-corrected chi connectivity index (χ4v) is 2.47. The summed E-state index contributed by atoms with van der Waals surface area (Å²) in [6.45, 7) is 0. The summed E-state index contributed by atoms with van der Waals surface area (Å²) in [6, 6.07) is 6.56. The smallest absolute Gasteiger partial charge is 0.267 e. The number of anilines is 2. The van der Waals surface area contributed by atoms with Crippen molar-refractivity contribution in [3.05, 3.63) is 44.6 Å². The van der Waals surface area contributed by atoms with Crippen molar-refractivity contribution in [1.82, 2.24) is 0 Å². The molecule has 0 aliphatic rings. The second-order valence-electron chi connectivity index (χ2n) is 3.29. The molecule has 0 saturated heterocycles. The van der Waals surface area contributed by atoms with E-state index >= 15 is 0 Å². The number of nitrogens with two attached hydrogens (primary N) is 1. The van der Waals surface area contributed by atoms with Crippen LogP contribution < -0.4 is 11.1 Å². The van der Waals surface area contributed by atoms with Crippen molar-refractivity contribution >= 4 is 51.8 Å². The van der Waals surface area contributed by atoms with Gasteiger partial charge in [-0.25, -0.2) is 0 Å². The first-order valence-electron chi connectivity index (χ1n) is 4.67. The quantitative estimate of drug-likeness (QED) is 0.823. The number of hydrogen-bond acceptors (Lipinski definition) is 3. The van der Waals surface area contributed by atoms with Crippen LogP contribution in [0.4, 0.5) is 11.4 Å². The summed E-state index contributed by atoms with van der Waals surface area (Å²) < 4.78 is 0. The van der Waals surface area contributed by atoms with Crippen LogP contribution in [0.15, 0.2) is 29.6 Å². The first-order chi connectivity index (χ1) is 8.08. The van der Waals surface area contributed by atoms with Crippen LogP contribution in [0.3, 0.4) is 0 Å². The highest BCUT2D eigenvalue weighted by Crippen LogP contribution is 2.27. The highest BCUT2D eigenvalue weighted by molar-refractivity contribution is 7.12. The summed E-state index contributed by atoms with van der Waals surface area (Å²) in [7, 11) is 0. The molecule has 6 heteroatoms. The van der Waals surface area contributed by atoms with Crippen LogP contribution in [0.2, 0.25) is 10.0 Å². The zero-order valence-corrected chi connectivity index (χ0v) is 10.9. The van der Waals surface area contributed by atoms with Gasteiger partial charge in [0.2, 0.25) is 0 Å². The number of halogens is 2. The molecule has 1 amide bonds. The average molecular weight is 287 g/mol. The van der Waals surface area contributed by atoms with E-state index in [1.165, 1.54) is 11.3 Å². The summed E-state index contributed by atoms with van der Waals surface area (Å²) in [4.78, 5) is 12.3. The van der Waals surface area contributed by atoms with E-state index in [9.17, 15) is 4.79 Å². The minimum absolute atomic E-state index is 0.294. The monoisotopic (exact) mass is 286 g/mol. The zero-order valence-electron chi connectivity index (χ0n) is 8.54. The summed E-state index contributed by atoms with van der Waals surface area (Å²) in [5.41, 5.74) is 6.62. The van der Waals surface area contributed by atoms with Crippen molar-refractivity contribution in [2.45, 2.75) is 0 Å². The fourth-order valence-electron chi connectivity index (χ4n) is 1.27. The van der Waals surface area contributed by atoms with Gasteiger partial charge in [-0.1, -0.05) is 23.2 Å². The van der Waals surface area contributed by atoms with E-state index in [0.717, 1.165) is 0 Å². The number of hydrogen-bond donors (Lipinski definition) is 2. The molecule has 0 aliphatic carbocycles. The van der Waals surface area contributed by atoms with Crippen molar-refractivity contribution in [2.75, 3.05) is 11.1 Å². The van der Waals surface area contributed by atoms with Gasteiger partial charge in [0.1, 0.15) is 4.88 Å². The maximum atomic E-state index is 11.9. The van der Waals surface area contributed by atoms with Crippen LogP contribution in [0.1, 0.15) is 9.67 Å². The molecule has 0 atom stereocenters. The van der Waals surface area contributed by atoms with Gasteiger partial charge in [-0.15, -0.1) is 11.3 Å². The normalized spacial score (nSPS) is 10.2. The molecule has 0 aliphatic heterocycles. The molecular weight excluding hydrogens is 279 g/mol. The Balaban J connectivity index is 2.24. The lowest BCUT2D eigenvalue weighted by Crippen LogP contribution is -2.11. The second kappa shape index (κ2) is 4.96. The Hall–Kier alpha value is -1.23. The highest BCUT2D eigenvalue weighted by atomic mass is 35.5. The van der Waals surface area contributed by atoms with E-state index in [4.69, 9.17) is 28.9 Å². The molecule has 1 aromatic heterocycles. The number of carbonyl (C=O) groups excluding carboxylic acids is 1. The molecule has 0 fully saturated rings. The Labute approximate surface area is 112 Å². The lowest BCUT2D eigenvalue weighted by molar-refractivity contribution is 0.103. The Morgan fingerprint density at radius 1 is 1.24 bits per heavy atom. The standard InChI is InChI=1S/C11H8Cl2N2OS/c12-7-2-1-6(14)5-9(7)15-11(16)10-8(13)3-4-17-10/h1-5H,14H2,(H,15,16). The van der Waals surface area contributed by atoms with Crippen molar-refractivity contribution in [3.8, 4) is 0 Å². The van der Waals surface area contributed by atoms with E-state index in [-0.39, 0.29) is 5.91 Å². The van der Waals surface area contributed by atoms with Crippen molar-refractivity contribution in [3.63, 3.8) is 0 Å². The van der Waals surface area contributed by atoms with Crippen LogP contribution in [0, 0.1) is 0 Å². The SMILES string of the molecule is Nc1ccc(Cl)c(NC(=O)c2sccc2Cl)c1. The number of benzene rings is 1. The summed E-state index contributed by atoms with van der Waals surface area (Å²) in [6.07, 6.45) is 0. The van der Waals surface area contributed by atoms with E-state index in [1.807, 2.05) is 0 Å². The molecule has 0 saturated carbocycles. The number of amides is 1. The van der Waals surface area contributed by atoms with Gasteiger partial charge in [0.05, 0.1) is 15.7 Å². The van der Waals surface area contributed by atoms with Crippen LogP contribution in [-0.2, 0) is 0 Å². The number of rotatable bonds is 2. The Bertz CT molecular complexity index is 568. The third kappa shape index (κ3) is 2.72. The number of nitrogens with one attached hydrogen (secondary N) is 1. The average Bonchev–Trinajstić information content (AvgIpc) is 2.70. The van der Waals surface area contributed by atoms with E-state index in [0.29, 0.717) is 26.3 Å². The van der Waals surface area contributed by atoms with Gasteiger partial charge < -0.3 is 11.1 Å². The summed E-state index contributed by atoms with van der Waals surface area (Å²) in [5, 5.41) is 5.27. The van der Waals surface area contributed by atoms with Crippen molar-refractivity contribution in [2.24, 2.45) is 0 Å². The molecule has 0 bridgehead atoms. The minimum Gasteiger partial charge on any atom is -0.399 e. The highest BCUT2D eigenvalue weighted by Gasteiger charge is 2.13. The van der Waals surface area contributed by atoms with Crippen molar-refractivity contribution < 1.29 is 4.79 Å². The van der Waals surface area contributed by atoms with Gasteiger partial charge in [-0.05, 0) is 29.6 Å².